The Labute approximate surface area is 250 Å². The molecule has 0 N–H and O–H groups in total. The molecule has 0 aliphatic carbocycles. The Morgan fingerprint density at radius 1 is 0.775 bits per heavy atom. The van der Waals surface area contributed by atoms with Gasteiger partial charge in [-0.05, 0) is 62.1 Å². The maximum absolute atomic E-state index is 5.02. The molecule has 40 heavy (non-hydrogen) atoms. The number of para-hydroxylation sites is 1. The maximum atomic E-state index is 5.02. The second-order valence-electron chi connectivity index (χ2n) is 9.85. The number of aromatic nitrogens is 4. The predicted octanol–water partition coefficient (Wildman–Crippen LogP) is 7.93. The van der Waals surface area contributed by atoms with Crippen molar-refractivity contribution in [1.29, 1.82) is 0 Å². The minimum absolute atomic E-state index is 0. The zero-order valence-electron chi connectivity index (χ0n) is 22.9. The standard InChI is InChI=1S/C34H29N5.Pt/c1-24-18-25(2)33(26(3)19-24)38-22-31(35-23-38)28-14-11-17-30(20-28)39(29-15-9-6-10-16-29)34-36-32(21-37(34)4)27-12-7-5-8-13-27;/h5-12,14-19,21-23H,1-4H3;/q-2;+2. The molecule has 0 saturated carbocycles. The fourth-order valence-electron chi connectivity index (χ4n) is 5.19. The number of imidazole rings is 2. The van der Waals surface area contributed by atoms with Crippen molar-refractivity contribution < 1.29 is 21.1 Å². The summed E-state index contributed by atoms with van der Waals surface area (Å²) in [6.45, 7) is 6.42. The maximum Gasteiger partial charge on any atom is 2.00 e. The first kappa shape index (κ1) is 27.4. The minimum Gasteiger partial charge on any atom is -0.329 e. The number of rotatable bonds is 6. The third-order valence-electron chi connectivity index (χ3n) is 6.82. The van der Waals surface area contributed by atoms with Gasteiger partial charge in [0, 0.05) is 24.1 Å². The first-order chi connectivity index (χ1) is 19.0. The minimum atomic E-state index is 0. The normalized spacial score (nSPS) is 10.8. The molecule has 0 atom stereocenters. The summed E-state index contributed by atoms with van der Waals surface area (Å²) < 4.78 is 4.15. The molecule has 6 rings (SSSR count). The number of anilines is 3. The summed E-state index contributed by atoms with van der Waals surface area (Å²) in [5.74, 6) is 0.790. The van der Waals surface area contributed by atoms with Crippen LogP contribution in [-0.2, 0) is 28.1 Å². The fourth-order valence-corrected chi connectivity index (χ4v) is 5.19. The molecule has 0 bridgehead atoms. The Bertz CT molecular complexity index is 1730. The van der Waals surface area contributed by atoms with E-state index in [-0.39, 0.29) is 21.1 Å². The average molecular weight is 703 g/mol. The SMILES string of the molecule is Cc1cc(C)c(-n2cnc(-c3[c-]c(N(c4ccccc4)c4nc(-c5[c-]cccc5)cn4C)ccc3)c2)c(C)c1.[Pt+2]. The van der Waals surface area contributed by atoms with Crippen LogP contribution in [0.15, 0.2) is 104 Å². The van der Waals surface area contributed by atoms with E-state index in [4.69, 9.17) is 9.97 Å². The Balaban J connectivity index is 0.00000323. The largest absolute Gasteiger partial charge is 2.00 e. The van der Waals surface area contributed by atoms with Gasteiger partial charge in [-0.15, -0.1) is 65.7 Å². The third-order valence-corrected chi connectivity index (χ3v) is 6.82. The van der Waals surface area contributed by atoms with Gasteiger partial charge in [-0.2, -0.15) is 0 Å². The molecule has 5 nitrogen and oxygen atoms in total. The molecule has 0 unspecified atom stereocenters. The van der Waals surface area contributed by atoms with E-state index in [1.165, 1.54) is 22.4 Å². The van der Waals surface area contributed by atoms with Crippen molar-refractivity contribution in [1.82, 2.24) is 19.1 Å². The van der Waals surface area contributed by atoms with E-state index in [0.29, 0.717) is 0 Å². The molecule has 0 amide bonds. The van der Waals surface area contributed by atoms with Gasteiger partial charge in [0.25, 0.3) is 0 Å². The quantitative estimate of drug-likeness (QED) is 0.166. The monoisotopic (exact) mass is 702 g/mol. The second kappa shape index (κ2) is 11.5. The first-order valence-electron chi connectivity index (χ1n) is 13.0. The molecular weight excluding hydrogens is 673 g/mol. The number of hydrogen-bond acceptors (Lipinski definition) is 3. The van der Waals surface area contributed by atoms with E-state index >= 15 is 0 Å². The van der Waals surface area contributed by atoms with Crippen LogP contribution in [0.2, 0.25) is 0 Å². The van der Waals surface area contributed by atoms with E-state index < -0.39 is 0 Å². The Morgan fingerprint density at radius 2 is 1.50 bits per heavy atom. The van der Waals surface area contributed by atoms with Crippen LogP contribution >= 0.6 is 0 Å². The smallest absolute Gasteiger partial charge is 0.329 e. The van der Waals surface area contributed by atoms with E-state index in [0.717, 1.165) is 39.8 Å². The molecule has 2 aromatic heterocycles. The molecule has 0 aliphatic rings. The van der Waals surface area contributed by atoms with Gasteiger partial charge in [0.1, 0.15) is 0 Å². The average Bonchev–Trinajstić information content (AvgIpc) is 3.57. The first-order valence-corrected chi connectivity index (χ1v) is 13.0. The van der Waals surface area contributed by atoms with Crippen molar-refractivity contribution in [3.63, 3.8) is 0 Å². The van der Waals surface area contributed by atoms with Gasteiger partial charge in [-0.1, -0.05) is 35.9 Å². The van der Waals surface area contributed by atoms with Crippen LogP contribution in [0.3, 0.4) is 0 Å². The fraction of sp³-hybridized carbons (Fsp3) is 0.118. The summed E-state index contributed by atoms with van der Waals surface area (Å²) in [6, 6.07) is 35.7. The van der Waals surface area contributed by atoms with Gasteiger partial charge in [0.2, 0.25) is 5.95 Å². The van der Waals surface area contributed by atoms with Crippen LogP contribution in [0.4, 0.5) is 17.3 Å². The van der Waals surface area contributed by atoms with Crippen LogP contribution in [0.25, 0.3) is 28.2 Å². The number of hydrogen-bond donors (Lipinski definition) is 0. The van der Waals surface area contributed by atoms with Crippen LogP contribution in [0.5, 0.6) is 0 Å². The van der Waals surface area contributed by atoms with Gasteiger partial charge in [-0.25, -0.2) is 0 Å². The number of nitrogens with zero attached hydrogens (tertiary/aromatic N) is 5. The molecule has 200 valence electrons. The van der Waals surface area contributed by atoms with Crippen molar-refractivity contribution in [2.75, 3.05) is 4.90 Å². The zero-order chi connectivity index (χ0) is 26.9. The summed E-state index contributed by atoms with van der Waals surface area (Å²) in [6.07, 6.45) is 6.00. The predicted molar refractivity (Wildman–Crippen MR) is 158 cm³/mol. The Morgan fingerprint density at radius 3 is 2.23 bits per heavy atom. The van der Waals surface area contributed by atoms with Gasteiger partial charge in [-0.3, -0.25) is 14.9 Å². The van der Waals surface area contributed by atoms with Crippen molar-refractivity contribution >= 4 is 17.3 Å². The third kappa shape index (κ3) is 5.30. The molecule has 6 heteroatoms. The number of aryl methyl sites for hydroxylation is 4. The van der Waals surface area contributed by atoms with Crippen molar-refractivity contribution in [3.8, 4) is 28.2 Å². The van der Waals surface area contributed by atoms with Crippen LogP contribution in [0, 0.1) is 32.9 Å². The van der Waals surface area contributed by atoms with E-state index in [9.17, 15) is 0 Å². The van der Waals surface area contributed by atoms with Crippen molar-refractivity contribution in [2.45, 2.75) is 20.8 Å². The topological polar surface area (TPSA) is 38.9 Å². The number of benzene rings is 4. The zero-order valence-corrected chi connectivity index (χ0v) is 25.1. The van der Waals surface area contributed by atoms with Gasteiger partial charge in [0.15, 0.2) is 0 Å². The van der Waals surface area contributed by atoms with Crippen molar-refractivity contribution in [3.05, 3.63) is 132 Å². The molecule has 2 heterocycles. The van der Waals surface area contributed by atoms with Crippen LogP contribution < -0.4 is 4.90 Å². The summed E-state index contributed by atoms with van der Waals surface area (Å²) in [5, 5.41) is 0. The van der Waals surface area contributed by atoms with E-state index in [2.05, 4.69) is 85.0 Å². The van der Waals surface area contributed by atoms with E-state index in [1.807, 2.05) is 72.7 Å². The summed E-state index contributed by atoms with van der Waals surface area (Å²) >= 11 is 0. The molecule has 0 aliphatic heterocycles. The molecule has 0 fully saturated rings. The summed E-state index contributed by atoms with van der Waals surface area (Å²) in [7, 11) is 2.02. The van der Waals surface area contributed by atoms with E-state index in [1.54, 1.807) is 0 Å². The summed E-state index contributed by atoms with van der Waals surface area (Å²) in [5.41, 5.74) is 10.4. The van der Waals surface area contributed by atoms with Gasteiger partial charge < -0.3 is 9.13 Å². The van der Waals surface area contributed by atoms with Crippen LogP contribution in [-0.4, -0.2) is 19.1 Å². The van der Waals surface area contributed by atoms with Gasteiger partial charge in [0.05, 0.1) is 12.0 Å². The van der Waals surface area contributed by atoms with Crippen LogP contribution in [0.1, 0.15) is 16.7 Å². The molecule has 6 aromatic rings. The second-order valence-corrected chi connectivity index (χ2v) is 9.85. The van der Waals surface area contributed by atoms with Gasteiger partial charge >= 0.3 is 21.1 Å². The van der Waals surface area contributed by atoms with Crippen molar-refractivity contribution in [2.24, 2.45) is 7.05 Å². The molecule has 0 spiro atoms. The summed E-state index contributed by atoms with van der Waals surface area (Å²) in [4.78, 5) is 11.9. The Hall–Kier alpha value is -4.21. The molecule has 0 radical (unpaired) electrons. The molecule has 4 aromatic carbocycles. The Kier molecular flexibility index (Phi) is 7.86. The molecular formula is C34H29N5Pt. The molecule has 0 saturated heterocycles.